The van der Waals surface area contributed by atoms with Gasteiger partial charge in [-0.15, -0.1) is 0 Å². The van der Waals surface area contributed by atoms with Crippen LogP contribution in [0.4, 0.5) is 0 Å². The van der Waals surface area contributed by atoms with Crippen LogP contribution in [-0.4, -0.2) is 19.6 Å². The second-order valence-corrected chi connectivity index (χ2v) is 5.11. The molecule has 3 nitrogen and oxygen atoms in total. The summed E-state index contributed by atoms with van der Waals surface area (Å²) in [4.78, 5) is 0. The number of rotatable bonds is 7. The third kappa shape index (κ3) is 3.57. The SMILES string of the molecule is CCNCCCNCc1cc2cccc(Br)c2o1. The minimum absolute atomic E-state index is 0.785. The van der Waals surface area contributed by atoms with Crippen LogP contribution in [0, 0.1) is 0 Å². The van der Waals surface area contributed by atoms with Crippen molar-refractivity contribution in [3.63, 3.8) is 0 Å². The Labute approximate surface area is 116 Å². The van der Waals surface area contributed by atoms with Crippen LogP contribution < -0.4 is 10.6 Å². The summed E-state index contributed by atoms with van der Waals surface area (Å²) in [5, 5.41) is 7.85. The van der Waals surface area contributed by atoms with Gasteiger partial charge in [0.2, 0.25) is 0 Å². The van der Waals surface area contributed by atoms with Gasteiger partial charge in [-0.3, -0.25) is 0 Å². The zero-order valence-corrected chi connectivity index (χ0v) is 12.2. The molecule has 98 valence electrons. The van der Waals surface area contributed by atoms with Gasteiger partial charge in [0.25, 0.3) is 0 Å². The molecule has 18 heavy (non-hydrogen) atoms. The molecule has 0 unspecified atom stereocenters. The molecule has 2 rings (SSSR count). The lowest BCUT2D eigenvalue weighted by atomic mass is 10.2. The lowest BCUT2D eigenvalue weighted by Crippen LogP contribution is -2.21. The molecule has 0 amide bonds. The predicted octanol–water partition coefficient (Wildman–Crippen LogP) is 3.28. The number of hydrogen-bond acceptors (Lipinski definition) is 3. The van der Waals surface area contributed by atoms with Crippen LogP contribution >= 0.6 is 15.9 Å². The minimum atomic E-state index is 0.785. The van der Waals surface area contributed by atoms with E-state index in [2.05, 4.69) is 45.6 Å². The van der Waals surface area contributed by atoms with Crippen LogP contribution in [0.1, 0.15) is 19.1 Å². The first-order valence-corrected chi connectivity index (χ1v) is 7.19. The predicted molar refractivity (Wildman–Crippen MR) is 78.8 cm³/mol. The minimum Gasteiger partial charge on any atom is -0.459 e. The number of hydrogen-bond donors (Lipinski definition) is 2. The van der Waals surface area contributed by atoms with Gasteiger partial charge in [0.05, 0.1) is 11.0 Å². The van der Waals surface area contributed by atoms with Crippen molar-refractivity contribution in [2.45, 2.75) is 19.9 Å². The van der Waals surface area contributed by atoms with Crippen molar-refractivity contribution in [3.05, 3.63) is 34.5 Å². The first-order chi connectivity index (χ1) is 8.81. The standard InChI is InChI=1S/C14H19BrN2O/c1-2-16-7-4-8-17-10-12-9-11-5-3-6-13(15)14(11)18-12/h3,5-6,9,16-17H,2,4,7-8,10H2,1H3. The fourth-order valence-corrected chi connectivity index (χ4v) is 2.36. The molecule has 0 atom stereocenters. The maximum Gasteiger partial charge on any atom is 0.148 e. The molecule has 1 aromatic heterocycles. The molecule has 0 aliphatic rings. The van der Waals surface area contributed by atoms with Gasteiger partial charge in [0, 0.05) is 5.39 Å². The van der Waals surface area contributed by atoms with E-state index < -0.39 is 0 Å². The number of para-hydroxylation sites is 1. The molecule has 1 heterocycles. The van der Waals surface area contributed by atoms with E-state index in [0.717, 1.165) is 53.8 Å². The Balaban J connectivity index is 1.83. The Kier molecular flexibility index (Phi) is 5.23. The average molecular weight is 311 g/mol. The van der Waals surface area contributed by atoms with Crippen molar-refractivity contribution in [3.8, 4) is 0 Å². The van der Waals surface area contributed by atoms with Crippen molar-refractivity contribution in [1.82, 2.24) is 10.6 Å². The zero-order chi connectivity index (χ0) is 12.8. The van der Waals surface area contributed by atoms with Crippen molar-refractivity contribution < 1.29 is 4.42 Å². The summed E-state index contributed by atoms with van der Waals surface area (Å²) in [5.41, 5.74) is 0.932. The maximum atomic E-state index is 5.80. The number of fused-ring (bicyclic) bond motifs is 1. The Hall–Kier alpha value is -0.840. The second-order valence-electron chi connectivity index (χ2n) is 4.25. The van der Waals surface area contributed by atoms with Crippen LogP contribution in [0.5, 0.6) is 0 Å². The van der Waals surface area contributed by atoms with E-state index in [1.54, 1.807) is 0 Å². The van der Waals surface area contributed by atoms with Crippen LogP contribution in [0.3, 0.4) is 0 Å². The van der Waals surface area contributed by atoms with Crippen molar-refractivity contribution in [1.29, 1.82) is 0 Å². The van der Waals surface area contributed by atoms with Gasteiger partial charge in [-0.05, 0) is 54.1 Å². The van der Waals surface area contributed by atoms with Gasteiger partial charge in [-0.2, -0.15) is 0 Å². The molecular weight excluding hydrogens is 292 g/mol. The Morgan fingerprint density at radius 3 is 2.83 bits per heavy atom. The Morgan fingerprint density at radius 2 is 2.06 bits per heavy atom. The number of benzene rings is 1. The highest BCUT2D eigenvalue weighted by molar-refractivity contribution is 9.10. The van der Waals surface area contributed by atoms with E-state index >= 15 is 0 Å². The quantitative estimate of drug-likeness (QED) is 0.771. The molecule has 2 N–H and O–H groups in total. The lowest BCUT2D eigenvalue weighted by molar-refractivity contribution is 0.505. The molecular formula is C14H19BrN2O. The zero-order valence-electron chi connectivity index (χ0n) is 10.6. The molecule has 0 saturated carbocycles. The van der Waals surface area contributed by atoms with Gasteiger partial charge >= 0.3 is 0 Å². The highest BCUT2D eigenvalue weighted by atomic mass is 79.9. The van der Waals surface area contributed by atoms with Gasteiger partial charge in [-0.25, -0.2) is 0 Å². The summed E-state index contributed by atoms with van der Waals surface area (Å²) in [6.45, 7) is 6.02. The van der Waals surface area contributed by atoms with E-state index in [4.69, 9.17) is 4.42 Å². The summed E-state index contributed by atoms with van der Waals surface area (Å²) >= 11 is 3.50. The highest BCUT2D eigenvalue weighted by Crippen LogP contribution is 2.26. The smallest absolute Gasteiger partial charge is 0.148 e. The molecule has 2 aromatic rings. The van der Waals surface area contributed by atoms with Crippen LogP contribution in [0.15, 0.2) is 33.2 Å². The fourth-order valence-electron chi connectivity index (χ4n) is 1.89. The third-order valence-electron chi connectivity index (χ3n) is 2.80. The average Bonchev–Trinajstić information content (AvgIpc) is 2.78. The summed E-state index contributed by atoms with van der Waals surface area (Å²) in [6.07, 6.45) is 1.14. The molecule has 0 radical (unpaired) electrons. The van der Waals surface area contributed by atoms with Gasteiger partial charge < -0.3 is 15.1 Å². The van der Waals surface area contributed by atoms with Crippen LogP contribution in [0.2, 0.25) is 0 Å². The molecule has 1 aromatic carbocycles. The molecule has 0 bridgehead atoms. The number of nitrogens with one attached hydrogen (secondary N) is 2. The molecule has 0 fully saturated rings. The largest absolute Gasteiger partial charge is 0.459 e. The van der Waals surface area contributed by atoms with E-state index in [9.17, 15) is 0 Å². The normalized spacial score (nSPS) is 11.2. The van der Waals surface area contributed by atoms with Gasteiger partial charge in [0.15, 0.2) is 0 Å². The molecule has 0 aliphatic carbocycles. The summed E-state index contributed by atoms with van der Waals surface area (Å²) in [7, 11) is 0. The second kappa shape index (κ2) is 6.92. The molecule has 0 spiro atoms. The van der Waals surface area contributed by atoms with Gasteiger partial charge in [-0.1, -0.05) is 19.1 Å². The number of furan rings is 1. The van der Waals surface area contributed by atoms with E-state index in [1.165, 1.54) is 0 Å². The van der Waals surface area contributed by atoms with Crippen molar-refractivity contribution in [2.75, 3.05) is 19.6 Å². The summed E-state index contributed by atoms with van der Waals surface area (Å²) in [5.74, 6) is 0.986. The summed E-state index contributed by atoms with van der Waals surface area (Å²) < 4.78 is 6.81. The highest BCUT2D eigenvalue weighted by Gasteiger charge is 2.05. The van der Waals surface area contributed by atoms with Crippen molar-refractivity contribution >= 4 is 26.9 Å². The topological polar surface area (TPSA) is 37.2 Å². The van der Waals surface area contributed by atoms with E-state index in [1.807, 2.05) is 12.1 Å². The van der Waals surface area contributed by atoms with Crippen LogP contribution in [-0.2, 0) is 6.54 Å². The Bertz CT molecular complexity index is 495. The van der Waals surface area contributed by atoms with Crippen LogP contribution in [0.25, 0.3) is 11.0 Å². The molecule has 0 aliphatic heterocycles. The van der Waals surface area contributed by atoms with Gasteiger partial charge in [0.1, 0.15) is 11.3 Å². The van der Waals surface area contributed by atoms with E-state index in [-0.39, 0.29) is 0 Å². The summed E-state index contributed by atoms with van der Waals surface area (Å²) in [6, 6.07) is 8.19. The molecule has 4 heteroatoms. The first-order valence-electron chi connectivity index (χ1n) is 6.39. The third-order valence-corrected chi connectivity index (χ3v) is 3.43. The number of halogens is 1. The first kappa shape index (κ1) is 13.6. The maximum absolute atomic E-state index is 5.80. The lowest BCUT2D eigenvalue weighted by Gasteiger charge is -2.02. The fraction of sp³-hybridized carbons (Fsp3) is 0.429. The monoisotopic (exact) mass is 310 g/mol. The van der Waals surface area contributed by atoms with E-state index in [0.29, 0.717) is 0 Å². The molecule has 0 saturated heterocycles. The van der Waals surface area contributed by atoms with Crippen molar-refractivity contribution in [2.24, 2.45) is 0 Å². The Morgan fingerprint density at radius 1 is 1.22 bits per heavy atom.